The summed E-state index contributed by atoms with van der Waals surface area (Å²) in [6, 6.07) is 0. The first-order valence-corrected chi connectivity index (χ1v) is 10.0. The molecule has 1 aliphatic rings. The zero-order chi connectivity index (χ0) is 10.7. The van der Waals surface area contributed by atoms with E-state index in [0.29, 0.717) is 0 Å². The molecule has 77 valence electrons. The van der Waals surface area contributed by atoms with Gasteiger partial charge in [0, 0.05) is 0 Å². The van der Waals surface area contributed by atoms with Crippen LogP contribution in [0, 0.1) is 0 Å². The van der Waals surface area contributed by atoms with Gasteiger partial charge >= 0.3 is 101 Å². The Hall–Kier alpha value is 0.350. The van der Waals surface area contributed by atoms with Crippen molar-refractivity contribution in [3.8, 4) is 0 Å². The van der Waals surface area contributed by atoms with E-state index >= 15 is 0 Å². The van der Waals surface area contributed by atoms with Crippen LogP contribution in [0.2, 0.25) is 7.85 Å². The Morgan fingerprint density at radius 3 is 1.93 bits per heavy atom. The van der Waals surface area contributed by atoms with Gasteiger partial charge in [-0.05, 0) is 0 Å². The van der Waals surface area contributed by atoms with Crippen molar-refractivity contribution in [2.75, 3.05) is 0 Å². The molecule has 0 saturated carbocycles. The third-order valence-electron chi connectivity index (χ3n) is 3.64. The molecule has 1 rings (SSSR count). The second-order valence-electron chi connectivity index (χ2n) is 4.47. The van der Waals surface area contributed by atoms with Crippen LogP contribution in [0.15, 0.2) is 22.3 Å². The summed E-state index contributed by atoms with van der Waals surface area (Å²) in [5, 5.41) is 0. The normalized spacial score (nSPS) is 18.4. The van der Waals surface area contributed by atoms with Crippen LogP contribution in [0.5, 0.6) is 0 Å². The Balaban J connectivity index is 2.63. The number of unbranched alkanes of at least 4 members (excludes halogenated alkanes) is 1. The van der Waals surface area contributed by atoms with E-state index in [2.05, 4.69) is 34.6 Å². The summed E-state index contributed by atoms with van der Waals surface area (Å²) in [4.78, 5) is 0. The molecule has 0 saturated heterocycles. The predicted molar refractivity (Wildman–Crippen MR) is 66.0 cm³/mol. The van der Waals surface area contributed by atoms with E-state index in [1.54, 1.807) is 26.5 Å². The van der Waals surface area contributed by atoms with E-state index in [1.807, 2.05) is 0 Å². The number of hydrogen-bond acceptors (Lipinski definition) is 0. The van der Waals surface area contributed by atoms with Gasteiger partial charge in [0.15, 0.2) is 0 Å². The van der Waals surface area contributed by atoms with Crippen LogP contribution in [0.4, 0.5) is 0 Å². The van der Waals surface area contributed by atoms with Crippen molar-refractivity contribution in [1.82, 2.24) is 0 Å². The molecule has 14 heavy (non-hydrogen) atoms. The van der Waals surface area contributed by atoms with E-state index in [-0.39, 0.29) is 22.9 Å². The Morgan fingerprint density at radius 1 is 1.00 bits per heavy atom. The Kier molecular flexibility index (Phi) is 4.82. The number of allylic oxidation sites excluding steroid dienone is 4. The fourth-order valence-corrected chi connectivity index (χ4v) is 8.46. The predicted octanol–water partition coefficient (Wildman–Crippen LogP) is 4.38. The van der Waals surface area contributed by atoms with Crippen molar-refractivity contribution >= 4 is 22.9 Å². The molecule has 0 nitrogen and oxygen atoms in total. The third kappa shape index (κ3) is 2.48. The van der Waals surface area contributed by atoms with E-state index in [0.717, 1.165) is 3.67 Å². The summed E-state index contributed by atoms with van der Waals surface area (Å²) in [5.41, 5.74) is 6.60. The van der Waals surface area contributed by atoms with Crippen molar-refractivity contribution in [2.45, 2.75) is 55.3 Å². The molecule has 0 aromatic rings. The maximum absolute atomic E-state index is 2.36. The summed E-state index contributed by atoms with van der Waals surface area (Å²) in [6.07, 6.45) is 2.85. The SMILES string of the molecule is CCC[CH2][In][CH]1C(C)=C(C)C(C)=C1C. The van der Waals surface area contributed by atoms with Gasteiger partial charge in [-0.1, -0.05) is 0 Å². The summed E-state index contributed by atoms with van der Waals surface area (Å²) in [7, 11) is 0. The molecule has 0 bridgehead atoms. The molecule has 0 unspecified atom stereocenters. The first kappa shape index (κ1) is 12.4. The molecule has 0 spiro atoms. The Morgan fingerprint density at radius 2 is 1.50 bits per heavy atom. The van der Waals surface area contributed by atoms with Crippen LogP contribution < -0.4 is 0 Å². The Bertz CT molecular complexity index is 247. The van der Waals surface area contributed by atoms with Crippen molar-refractivity contribution in [3.05, 3.63) is 22.3 Å². The molecule has 0 atom stereocenters. The van der Waals surface area contributed by atoms with Gasteiger partial charge in [-0.25, -0.2) is 0 Å². The van der Waals surface area contributed by atoms with E-state index < -0.39 is 0 Å². The summed E-state index contributed by atoms with van der Waals surface area (Å²) < 4.78 is 2.53. The van der Waals surface area contributed by atoms with Crippen molar-refractivity contribution < 1.29 is 0 Å². The second kappa shape index (κ2) is 5.44. The molecular weight excluding hydrogens is 271 g/mol. The summed E-state index contributed by atoms with van der Waals surface area (Å²) in [6.45, 7) is 11.6. The second-order valence-corrected chi connectivity index (χ2v) is 9.37. The molecule has 0 N–H and O–H groups in total. The zero-order valence-electron chi connectivity index (χ0n) is 10.3. The van der Waals surface area contributed by atoms with Crippen LogP contribution in [-0.2, 0) is 0 Å². The molecular formula is C13H22In. The number of hydrogen-bond donors (Lipinski definition) is 0. The minimum absolute atomic E-state index is 0.361. The number of rotatable bonds is 4. The molecule has 0 amide bonds. The quantitative estimate of drug-likeness (QED) is 0.675. The molecule has 0 heterocycles. The monoisotopic (exact) mass is 293 g/mol. The van der Waals surface area contributed by atoms with Gasteiger partial charge in [0.05, 0.1) is 0 Å². The van der Waals surface area contributed by atoms with Gasteiger partial charge in [0.1, 0.15) is 0 Å². The molecule has 1 radical (unpaired) electrons. The third-order valence-corrected chi connectivity index (χ3v) is 9.95. The molecule has 0 aromatic heterocycles. The van der Waals surface area contributed by atoms with Crippen LogP contribution in [0.1, 0.15) is 47.5 Å². The van der Waals surface area contributed by atoms with Crippen LogP contribution in [0.25, 0.3) is 0 Å². The summed E-state index contributed by atoms with van der Waals surface area (Å²) >= 11 is -0.361. The van der Waals surface area contributed by atoms with Gasteiger partial charge in [-0.3, -0.25) is 0 Å². The molecule has 0 fully saturated rings. The minimum atomic E-state index is -0.361. The van der Waals surface area contributed by atoms with Crippen molar-refractivity contribution in [3.63, 3.8) is 0 Å². The van der Waals surface area contributed by atoms with E-state index in [9.17, 15) is 0 Å². The van der Waals surface area contributed by atoms with Gasteiger partial charge < -0.3 is 0 Å². The summed E-state index contributed by atoms with van der Waals surface area (Å²) in [5.74, 6) is 0. The average Bonchev–Trinajstić information content (AvgIpc) is 2.35. The van der Waals surface area contributed by atoms with Crippen LogP contribution >= 0.6 is 0 Å². The first-order valence-electron chi connectivity index (χ1n) is 5.78. The molecule has 0 aromatic carbocycles. The fraction of sp³-hybridized carbons (Fsp3) is 0.692. The topological polar surface area (TPSA) is 0 Å². The zero-order valence-corrected chi connectivity index (χ0v) is 13.6. The first-order chi connectivity index (χ1) is 6.59. The average molecular weight is 293 g/mol. The maximum atomic E-state index is 2.36. The van der Waals surface area contributed by atoms with Crippen molar-refractivity contribution in [2.24, 2.45) is 0 Å². The van der Waals surface area contributed by atoms with E-state index in [4.69, 9.17) is 0 Å². The molecule has 0 aliphatic heterocycles. The standard InChI is InChI=1S/C9H13.C4H9.In/c1-6-5-7(2)9(4)8(6)3;1-3-4-2;/h5H,1-4H3;1,3-4H2,2H3;. The van der Waals surface area contributed by atoms with Gasteiger partial charge in [-0.2, -0.15) is 0 Å². The van der Waals surface area contributed by atoms with Crippen LogP contribution in [-0.4, -0.2) is 22.9 Å². The Labute approximate surface area is 100 Å². The van der Waals surface area contributed by atoms with Gasteiger partial charge in [0.2, 0.25) is 0 Å². The van der Waals surface area contributed by atoms with Gasteiger partial charge in [-0.15, -0.1) is 0 Å². The fourth-order valence-electron chi connectivity index (χ4n) is 2.22. The van der Waals surface area contributed by atoms with E-state index in [1.165, 1.54) is 12.8 Å². The van der Waals surface area contributed by atoms with Crippen molar-refractivity contribution in [1.29, 1.82) is 0 Å². The molecule has 1 heteroatoms. The molecule has 1 aliphatic carbocycles. The van der Waals surface area contributed by atoms with Crippen LogP contribution in [0.3, 0.4) is 0 Å². The van der Waals surface area contributed by atoms with Gasteiger partial charge in [0.25, 0.3) is 0 Å².